The fourth-order valence-electron chi connectivity index (χ4n) is 2.80. The zero-order valence-corrected chi connectivity index (χ0v) is 15.6. The van der Waals surface area contributed by atoms with Crippen molar-refractivity contribution < 1.29 is 4.79 Å². The van der Waals surface area contributed by atoms with Gasteiger partial charge in [0.2, 0.25) is 0 Å². The Morgan fingerprint density at radius 1 is 1.29 bits per heavy atom. The van der Waals surface area contributed by atoms with Crippen LogP contribution in [0.1, 0.15) is 27.5 Å². The Balaban J connectivity index is 0.00000144. The van der Waals surface area contributed by atoms with Gasteiger partial charge in [-0.05, 0) is 36.2 Å². The Kier molecular flexibility index (Phi) is 7.97. The van der Waals surface area contributed by atoms with Crippen molar-refractivity contribution in [1.82, 2.24) is 15.2 Å². The predicted octanol–water partition coefficient (Wildman–Crippen LogP) is 3.67. The molecule has 2 aromatic rings. The number of aromatic nitrogens is 1. The van der Waals surface area contributed by atoms with Crippen molar-refractivity contribution in [3.05, 3.63) is 64.4 Å². The molecule has 0 aliphatic carbocycles. The molecule has 1 saturated heterocycles. The number of pyridine rings is 1. The van der Waals surface area contributed by atoms with Gasteiger partial charge in [0.05, 0.1) is 11.6 Å². The van der Waals surface area contributed by atoms with Gasteiger partial charge in [-0.2, -0.15) is 0 Å². The second-order valence-corrected chi connectivity index (χ2v) is 5.96. The van der Waals surface area contributed by atoms with Gasteiger partial charge >= 0.3 is 0 Å². The van der Waals surface area contributed by atoms with E-state index < -0.39 is 0 Å². The first kappa shape index (κ1) is 20.7. The first-order valence-corrected chi connectivity index (χ1v) is 7.72. The number of hydrogen-bond donors (Lipinski definition) is 1. The lowest BCUT2D eigenvalue weighted by atomic mass is 10.0. The van der Waals surface area contributed by atoms with Crippen LogP contribution in [0.25, 0.3) is 0 Å². The molecule has 0 saturated carbocycles. The molecule has 1 atom stereocenters. The number of hydrogen-bond acceptors (Lipinski definition) is 3. The molecule has 1 aliphatic heterocycles. The van der Waals surface area contributed by atoms with Crippen molar-refractivity contribution >= 4 is 42.3 Å². The molecule has 0 radical (unpaired) electrons. The van der Waals surface area contributed by atoms with Gasteiger partial charge in [-0.3, -0.25) is 9.78 Å². The Morgan fingerprint density at radius 3 is 2.79 bits per heavy atom. The summed E-state index contributed by atoms with van der Waals surface area (Å²) in [4.78, 5) is 18.9. The normalized spacial score (nSPS) is 16.8. The number of halogens is 3. The van der Waals surface area contributed by atoms with E-state index in [9.17, 15) is 4.79 Å². The standard InChI is InChI=1S/C17H18ClN3O.2ClH/c1-12-7-14(10-20-9-12)17(22)21-6-5-19-11-16(21)13-3-2-4-15(18)8-13;;/h2-4,7-10,16,19H,5-6,11H2,1H3;2*1H. The van der Waals surface area contributed by atoms with E-state index in [1.165, 1.54) is 0 Å². The average Bonchev–Trinajstić information content (AvgIpc) is 2.54. The van der Waals surface area contributed by atoms with Crippen LogP contribution in [0.4, 0.5) is 0 Å². The second-order valence-electron chi connectivity index (χ2n) is 5.52. The highest BCUT2D eigenvalue weighted by Gasteiger charge is 2.28. The largest absolute Gasteiger partial charge is 0.329 e. The van der Waals surface area contributed by atoms with Gasteiger partial charge in [0, 0.05) is 37.1 Å². The first-order chi connectivity index (χ1) is 10.6. The lowest BCUT2D eigenvalue weighted by molar-refractivity contribution is 0.0634. The molecule has 1 aromatic carbocycles. The summed E-state index contributed by atoms with van der Waals surface area (Å²) in [5, 5.41) is 4.04. The molecule has 0 spiro atoms. The molecule has 0 bridgehead atoms. The molecule has 3 rings (SSSR count). The van der Waals surface area contributed by atoms with Crippen LogP contribution in [0.3, 0.4) is 0 Å². The molecule has 7 heteroatoms. The van der Waals surface area contributed by atoms with Gasteiger partial charge in [0.15, 0.2) is 0 Å². The van der Waals surface area contributed by atoms with Crippen LogP contribution in [0.2, 0.25) is 5.02 Å². The van der Waals surface area contributed by atoms with Crippen LogP contribution in [-0.2, 0) is 0 Å². The maximum Gasteiger partial charge on any atom is 0.256 e. The van der Waals surface area contributed by atoms with Gasteiger partial charge in [0.1, 0.15) is 0 Å². The molecule has 1 fully saturated rings. The van der Waals surface area contributed by atoms with Crippen molar-refractivity contribution in [1.29, 1.82) is 0 Å². The molecule has 4 nitrogen and oxygen atoms in total. The number of carbonyl (C=O) groups is 1. The quantitative estimate of drug-likeness (QED) is 0.853. The van der Waals surface area contributed by atoms with Crippen LogP contribution >= 0.6 is 36.4 Å². The molecule has 1 aromatic heterocycles. The van der Waals surface area contributed by atoms with Crippen molar-refractivity contribution in [3.8, 4) is 0 Å². The Morgan fingerprint density at radius 2 is 2.08 bits per heavy atom. The minimum absolute atomic E-state index is 0. The van der Waals surface area contributed by atoms with E-state index in [0.717, 1.165) is 24.2 Å². The monoisotopic (exact) mass is 387 g/mol. The Hall–Kier alpha value is -1.33. The Bertz CT molecular complexity index is 696. The third-order valence-electron chi connectivity index (χ3n) is 3.86. The smallest absolute Gasteiger partial charge is 0.256 e. The van der Waals surface area contributed by atoms with Crippen LogP contribution in [0, 0.1) is 6.92 Å². The van der Waals surface area contributed by atoms with Gasteiger partial charge in [-0.15, -0.1) is 24.8 Å². The summed E-state index contributed by atoms with van der Waals surface area (Å²) in [5.74, 6) is 0.0164. The van der Waals surface area contributed by atoms with Gasteiger partial charge in [0.25, 0.3) is 5.91 Å². The average molecular weight is 389 g/mol. The van der Waals surface area contributed by atoms with E-state index in [1.54, 1.807) is 12.4 Å². The van der Waals surface area contributed by atoms with Crippen molar-refractivity contribution in [2.45, 2.75) is 13.0 Å². The zero-order chi connectivity index (χ0) is 15.5. The zero-order valence-electron chi connectivity index (χ0n) is 13.2. The number of nitrogens with one attached hydrogen (secondary N) is 1. The fourth-order valence-corrected chi connectivity index (χ4v) is 3.00. The summed E-state index contributed by atoms with van der Waals surface area (Å²) in [6, 6.07) is 9.57. The summed E-state index contributed by atoms with van der Waals surface area (Å²) >= 11 is 6.10. The van der Waals surface area contributed by atoms with E-state index in [2.05, 4.69) is 10.3 Å². The first-order valence-electron chi connectivity index (χ1n) is 7.34. The molecular weight excluding hydrogens is 369 g/mol. The lowest BCUT2D eigenvalue weighted by Crippen LogP contribution is -2.48. The summed E-state index contributed by atoms with van der Waals surface area (Å²) in [6.07, 6.45) is 3.38. The molecule has 1 amide bonds. The van der Waals surface area contributed by atoms with Crippen molar-refractivity contribution in [2.24, 2.45) is 0 Å². The molecule has 1 unspecified atom stereocenters. The van der Waals surface area contributed by atoms with Crippen molar-refractivity contribution in [2.75, 3.05) is 19.6 Å². The highest BCUT2D eigenvalue weighted by molar-refractivity contribution is 6.30. The number of benzene rings is 1. The number of carbonyl (C=O) groups excluding carboxylic acids is 1. The number of amides is 1. The number of piperazine rings is 1. The predicted molar refractivity (Wildman–Crippen MR) is 102 cm³/mol. The third kappa shape index (κ3) is 4.61. The third-order valence-corrected chi connectivity index (χ3v) is 4.09. The SMILES string of the molecule is Cc1cncc(C(=O)N2CCNCC2c2cccc(Cl)c2)c1.Cl.Cl. The minimum Gasteiger partial charge on any atom is -0.329 e. The molecular formula is C17H20Cl3N3O. The summed E-state index contributed by atoms with van der Waals surface area (Å²) < 4.78 is 0. The molecule has 2 heterocycles. The van der Waals surface area contributed by atoms with Crippen LogP contribution < -0.4 is 5.32 Å². The topological polar surface area (TPSA) is 45.2 Å². The van der Waals surface area contributed by atoms with Gasteiger partial charge < -0.3 is 10.2 Å². The maximum absolute atomic E-state index is 12.8. The Labute approximate surface area is 159 Å². The second kappa shape index (κ2) is 9.23. The molecule has 1 N–H and O–H groups in total. The van der Waals surface area contributed by atoms with Crippen LogP contribution in [0.15, 0.2) is 42.7 Å². The van der Waals surface area contributed by atoms with E-state index in [-0.39, 0.29) is 36.8 Å². The lowest BCUT2D eigenvalue weighted by Gasteiger charge is -2.36. The number of nitrogens with zero attached hydrogens (tertiary/aromatic N) is 2. The molecule has 1 aliphatic rings. The summed E-state index contributed by atoms with van der Waals surface area (Å²) in [6.45, 7) is 4.13. The molecule has 24 heavy (non-hydrogen) atoms. The number of rotatable bonds is 2. The fraction of sp³-hybridized carbons (Fsp3) is 0.294. The van der Waals surface area contributed by atoms with E-state index in [4.69, 9.17) is 11.6 Å². The molecule has 130 valence electrons. The van der Waals surface area contributed by atoms with E-state index in [1.807, 2.05) is 42.2 Å². The number of aryl methyl sites for hydroxylation is 1. The van der Waals surface area contributed by atoms with E-state index >= 15 is 0 Å². The highest BCUT2D eigenvalue weighted by atomic mass is 35.5. The maximum atomic E-state index is 12.8. The van der Waals surface area contributed by atoms with E-state index in [0.29, 0.717) is 17.1 Å². The van der Waals surface area contributed by atoms with Crippen molar-refractivity contribution in [3.63, 3.8) is 0 Å². The summed E-state index contributed by atoms with van der Waals surface area (Å²) in [7, 11) is 0. The van der Waals surface area contributed by atoms with Gasteiger partial charge in [-0.1, -0.05) is 23.7 Å². The minimum atomic E-state index is -0.0135. The van der Waals surface area contributed by atoms with Crippen LogP contribution in [0.5, 0.6) is 0 Å². The van der Waals surface area contributed by atoms with Crippen LogP contribution in [-0.4, -0.2) is 35.4 Å². The van der Waals surface area contributed by atoms with Gasteiger partial charge in [-0.25, -0.2) is 0 Å². The highest BCUT2D eigenvalue weighted by Crippen LogP contribution is 2.26. The summed E-state index contributed by atoms with van der Waals surface area (Å²) in [5.41, 5.74) is 2.67.